The Morgan fingerprint density at radius 3 is 2.75 bits per heavy atom. The van der Waals surface area contributed by atoms with Crippen LogP contribution in [0, 0.1) is 0 Å². The van der Waals surface area contributed by atoms with E-state index in [1.807, 2.05) is 48.5 Å². The summed E-state index contributed by atoms with van der Waals surface area (Å²) in [5.74, 6) is 1.69. The second-order valence-electron chi connectivity index (χ2n) is 8.41. The number of pyridine rings is 1. The fraction of sp³-hybridized carbons (Fsp3) is 0.269. The number of nitrogens with zero attached hydrogens (tertiary/aromatic N) is 2. The minimum atomic E-state index is -0.122. The van der Waals surface area contributed by atoms with Crippen LogP contribution in [0.25, 0.3) is 16.7 Å². The third kappa shape index (κ3) is 3.61. The first-order valence-electron chi connectivity index (χ1n) is 11.0. The van der Waals surface area contributed by atoms with Gasteiger partial charge in [0.15, 0.2) is 0 Å². The molecule has 0 bridgehead atoms. The van der Waals surface area contributed by atoms with Gasteiger partial charge in [0.2, 0.25) is 0 Å². The Morgan fingerprint density at radius 2 is 1.91 bits per heavy atom. The highest BCUT2D eigenvalue weighted by atomic mass is 35.5. The fourth-order valence-corrected chi connectivity index (χ4v) is 5.03. The van der Waals surface area contributed by atoms with Crippen molar-refractivity contribution in [3.8, 4) is 11.4 Å². The summed E-state index contributed by atoms with van der Waals surface area (Å²) in [6.07, 6.45) is 5.19. The lowest BCUT2D eigenvalue weighted by atomic mass is 9.96. The molecule has 164 valence electrons. The molecule has 1 saturated heterocycles. The van der Waals surface area contributed by atoms with Crippen LogP contribution in [0.5, 0.6) is 5.75 Å². The lowest BCUT2D eigenvalue weighted by Crippen LogP contribution is -2.30. The van der Waals surface area contributed by atoms with E-state index in [1.165, 1.54) is 36.4 Å². The van der Waals surface area contributed by atoms with E-state index in [-0.39, 0.29) is 18.0 Å². The minimum Gasteiger partial charge on any atom is -0.489 e. The lowest BCUT2D eigenvalue weighted by molar-refractivity contribution is 0.233. The van der Waals surface area contributed by atoms with Crippen LogP contribution in [0.4, 0.5) is 0 Å². The van der Waals surface area contributed by atoms with Crippen LogP contribution in [-0.2, 0) is 13.0 Å². The molecule has 0 aliphatic carbocycles. The van der Waals surface area contributed by atoms with Gasteiger partial charge in [-0.15, -0.1) is 12.4 Å². The molecule has 6 heteroatoms. The number of furan rings is 1. The van der Waals surface area contributed by atoms with Crippen LogP contribution in [0.2, 0.25) is 0 Å². The van der Waals surface area contributed by atoms with Gasteiger partial charge in [-0.3, -0.25) is 14.3 Å². The molecule has 0 N–H and O–H groups in total. The smallest absolute Gasteiger partial charge is 0.258 e. The zero-order chi connectivity index (χ0) is 20.8. The number of aromatic nitrogens is 1. The van der Waals surface area contributed by atoms with Gasteiger partial charge >= 0.3 is 0 Å². The van der Waals surface area contributed by atoms with Gasteiger partial charge in [-0.1, -0.05) is 30.3 Å². The summed E-state index contributed by atoms with van der Waals surface area (Å²) in [6, 6.07) is 19.9. The maximum Gasteiger partial charge on any atom is 0.258 e. The molecule has 5 nitrogen and oxygen atoms in total. The van der Waals surface area contributed by atoms with Gasteiger partial charge in [0, 0.05) is 48.3 Å². The van der Waals surface area contributed by atoms with E-state index in [1.54, 1.807) is 10.8 Å². The molecule has 2 aromatic heterocycles. The number of hydrogen-bond donors (Lipinski definition) is 0. The van der Waals surface area contributed by atoms with E-state index in [9.17, 15) is 4.79 Å². The standard InChI is InChI=1S/C26H24N2O3.ClH/c29-25-16-20(30-17-18-5-2-1-3-6-18)10-14-28(25)19-8-9-21-24(15-19)31-23-11-13-27-12-4-7-22(27)26(21)23;/h1-3,5-6,8-10,14-16,22H,4,7,11-13,17H2;1H. The predicted octanol–water partition coefficient (Wildman–Crippen LogP) is 5.28. The van der Waals surface area contributed by atoms with Gasteiger partial charge in [0.05, 0.1) is 5.69 Å². The number of rotatable bonds is 4. The third-order valence-corrected chi connectivity index (χ3v) is 6.53. The van der Waals surface area contributed by atoms with Crippen molar-refractivity contribution in [1.82, 2.24) is 9.47 Å². The molecule has 6 rings (SSSR count). The summed E-state index contributed by atoms with van der Waals surface area (Å²) in [6.45, 7) is 2.70. The largest absolute Gasteiger partial charge is 0.489 e. The number of fused-ring (bicyclic) bond motifs is 5. The Bertz CT molecular complexity index is 1310. The van der Waals surface area contributed by atoms with Crippen LogP contribution in [0.1, 0.15) is 35.8 Å². The summed E-state index contributed by atoms with van der Waals surface area (Å²) in [7, 11) is 0. The van der Waals surface area contributed by atoms with Gasteiger partial charge in [-0.25, -0.2) is 0 Å². The van der Waals surface area contributed by atoms with Crippen molar-refractivity contribution in [2.45, 2.75) is 31.9 Å². The van der Waals surface area contributed by atoms with E-state index < -0.39 is 0 Å². The molecule has 0 radical (unpaired) electrons. The Labute approximate surface area is 192 Å². The van der Waals surface area contributed by atoms with Crippen LogP contribution >= 0.6 is 12.4 Å². The monoisotopic (exact) mass is 448 g/mol. The summed E-state index contributed by atoms with van der Waals surface area (Å²) >= 11 is 0. The van der Waals surface area contributed by atoms with E-state index in [0.29, 0.717) is 18.4 Å². The first kappa shape index (κ1) is 20.9. The van der Waals surface area contributed by atoms with Crippen molar-refractivity contribution < 1.29 is 9.15 Å². The quantitative estimate of drug-likeness (QED) is 0.426. The molecular formula is C26H25ClN2O3. The molecule has 2 aliphatic heterocycles. The fourth-order valence-electron chi connectivity index (χ4n) is 5.03. The zero-order valence-electron chi connectivity index (χ0n) is 17.7. The molecule has 2 aliphatic rings. The second kappa shape index (κ2) is 8.49. The van der Waals surface area contributed by atoms with Crippen molar-refractivity contribution in [3.05, 3.63) is 94.1 Å². The highest BCUT2D eigenvalue weighted by Gasteiger charge is 2.34. The van der Waals surface area contributed by atoms with E-state index in [2.05, 4.69) is 11.0 Å². The molecule has 2 aromatic carbocycles. The van der Waals surface area contributed by atoms with Crippen molar-refractivity contribution in [1.29, 1.82) is 0 Å². The second-order valence-corrected chi connectivity index (χ2v) is 8.41. The van der Waals surface area contributed by atoms with Gasteiger partial charge in [0.25, 0.3) is 5.56 Å². The van der Waals surface area contributed by atoms with Crippen molar-refractivity contribution >= 4 is 23.4 Å². The van der Waals surface area contributed by atoms with Gasteiger partial charge < -0.3 is 9.15 Å². The molecule has 0 amide bonds. The van der Waals surface area contributed by atoms with E-state index in [4.69, 9.17) is 9.15 Å². The molecule has 1 fully saturated rings. The van der Waals surface area contributed by atoms with Gasteiger partial charge in [0.1, 0.15) is 23.7 Å². The molecule has 1 unspecified atom stereocenters. The molecule has 0 spiro atoms. The summed E-state index contributed by atoms with van der Waals surface area (Å²) < 4.78 is 13.7. The maximum absolute atomic E-state index is 12.8. The minimum absolute atomic E-state index is 0. The van der Waals surface area contributed by atoms with Crippen molar-refractivity contribution in [3.63, 3.8) is 0 Å². The normalized spacial score (nSPS) is 17.6. The Morgan fingerprint density at radius 1 is 1.03 bits per heavy atom. The highest BCUT2D eigenvalue weighted by molar-refractivity contribution is 5.85. The number of halogens is 1. The molecule has 0 saturated carbocycles. The summed E-state index contributed by atoms with van der Waals surface area (Å²) in [5, 5.41) is 1.19. The maximum atomic E-state index is 12.8. The van der Waals surface area contributed by atoms with Gasteiger partial charge in [-0.2, -0.15) is 0 Å². The van der Waals surface area contributed by atoms with Crippen LogP contribution in [0.15, 0.2) is 76.1 Å². The topological polar surface area (TPSA) is 47.6 Å². The van der Waals surface area contributed by atoms with Crippen molar-refractivity contribution in [2.75, 3.05) is 13.1 Å². The summed E-state index contributed by atoms with van der Waals surface area (Å²) in [4.78, 5) is 15.4. The van der Waals surface area contributed by atoms with Crippen LogP contribution in [-0.4, -0.2) is 22.6 Å². The first-order valence-corrected chi connectivity index (χ1v) is 11.0. The van der Waals surface area contributed by atoms with E-state index >= 15 is 0 Å². The van der Waals surface area contributed by atoms with Crippen LogP contribution < -0.4 is 10.3 Å². The molecular weight excluding hydrogens is 424 g/mol. The molecule has 1 atom stereocenters. The van der Waals surface area contributed by atoms with Gasteiger partial charge in [-0.05, 0) is 43.1 Å². The third-order valence-electron chi connectivity index (χ3n) is 6.53. The average Bonchev–Trinajstić information content (AvgIpc) is 3.42. The SMILES string of the molecule is Cl.O=c1cc(OCc2ccccc2)ccn1-c1ccc2c3c(oc2c1)CCN1CCCC31. The summed E-state index contributed by atoms with van der Waals surface area (Å²) in [5.41, 5.74) is 3.99. The van der Waals surface area contributed by atoms with E-state index in [0.717, 1.165) is 35.6 Å². The Kier molecular flexibility index (Phi) is 5.53. The first-order chi connectivity index (χ1) is 15.3. The van der Waals surface area contributed by atoms with Crippen LogP contribution in [0.3, 0.4) is 0 Å². The zero-order valence-corrected chi connectivity index (χ0v) is 18.5. The Hall–Kier alpha value is -3.02. The average molecular weight is 449 g/mol. The van der Waals surface area contributed by atoms with Crippen molar-refractivity contribution in [2.24, 2.45) is 0 Å². The Balaban J connectivity index is 0.00000216. The highest BCUT2D eigenvalue weighted by Crippen LogP contribution is 2.43. The number of hydrogen-bond acceptors (Lipinski definition) is 4. The predicted molar refractivity (Wildman–Crippen MR) is 127 cm³/mol. The molecule has 32 heavy (non-hydrogen) atoms. The molecule has 4 aromatic rings. The lowest BCUT2D eigenvalue weighted by Gasteiger charge is -2.28. The number of ether oxygens (including phenoxy) is 1. The molecule has 4 heterocycles. The number of benzene rings is 2.